The van der Waals surface area contributed by atoms with Gasteiger partial charge in [0.2, 0.25) is 19.1 Å². The van der Waals surface area contributed by atoms with Gasteiger partial charge in [0, 0.05) is 29.5 Å². The lowest BCUT2D eigenvalue weighted by Crippen LogP contribution is -2.75. The van der Waals surface area contributed by atoms with Crippen LogP contribution in [-0.2, 0) is 7.05 Å². The highest BCUT2D eigenvalue weighted by Gasteiger charge is 2.40. The van der Waals surface area contributed by atoms with Crippen molar-refractivity contribution in [2.24, 2.45) is 7.05 Å². The third-order valence-corrected chi connectivity index (χ3v) is 9.88. The van der Waals surface area contributed by atoms with Gasteiger partial charge in [-0.25, -0.2) is 4.57 Å². The third kappa shape index (κ3) is 4.94. The van der Waals surface area contributed by atoms with Crippen molar-refractivity contribution in [1.29, 1.82) is 0 Å². The Hall–Kier alpha value is -4.62. The number of nitrogens with zero attached hydrogens (tertiary/aromatic N) is 1. The van der Waals surface area contributed by atoms with Crippen LogP contribution >= 0.6 is 0 Å². The second-order valence-corrected chi connectivity index (χ2v) is 12.8. The molecule has 2 heterocycles. The Morgan fingerprint density at radius 1 is 0.478 bits per heavy atom. The van der Waals surface area contributed by atoms with Gasteiger partial charge in [-0.05, 0) is 76.6 Å². The summed E-state index contributed by atoms with van der Waals surface area (Å²) in [4.78, 5) is 0. The molecule has 0 amide bonds. The molecule has 3 heteroatoms. The third-order valence-electron chi connectivity index (χ3n) is 9.88. The van der Waals surface area contributed by atoms with Crippen LogP contribution in [0.5, 0.6) is 0 Å². The maximum absolute atomic E-state index is 8.62. The van der Waals surface area contributed by atoms with E-state index in [0.29, 0.717) is 22.3 Å². The number of aryl methyl sites for hydroxylation is 8. The second kappa shape index (κ2) is 11.6. The molecule has 0 saturated heterocycles. The number of hydrogen-bond donors (Lipinski definition) is 0. The SMILES string of the molecule is [2H]C([2H])([2H])c1c[n+](C)c(-c2cc(-c3ccc4c(c3)B(c3c(C)cccc3C([2H])([2H])[2H])c3ccccc3B4c3c(C)cccc3C([2H])([2H])[2H])ccc2C)cc1C. The lowest BCUT2D eigenvalue weighted by atomic mass is 9.20. The second-order valence-electron chi connectivity index (χ2n) is 12.8. The van der Waals surface area contributed by atoms with Crippen molar-refractivity contribution >= 4 is 46.2 Å². The fraction of sp³-hybridized carbons (Fsp3) is 0.186. The largest absolute Gasteiger partial charge is 0.240 e. The van der Waals surface area contributed by atoms with Gasteiger partial charge >= 0.3 is 0 Å². The van der Waals surface area contributed by atoms with E-state index in [1.807, 2.05) is 69.6 Å². The van der Waals surface area contributed by atoms with E-state index in [4.69, 9.17) is 12.3 Å². The minimum Gasteiger partial charge on any atom is -0.201 e. The van der Waals surface area contributed by atoms with Gasteiger partial charge in [-0.15, -0.1) is 0 Å². The van der Waals surface area contributed by atoms with Crippen molar-refractivity contribution in [3.63, 3.8) is 0 Å². The Balaban J connectivity index is 1.52. The van der Waals surface area contributed by atoms with Crippen molar-refractivity contribution in [3.8, 4) is 22.4 Å². The highest BCUT2D eigenvalue weighted by molar-refractivity contribution is 7.11. The van der Waals surface area contributed by atoms with Gasteiger partial charge in [0.1, 0.15) is 7.05 Å². The van der Waals surface area contributed by atoms with Crippen molar-refractivity contribution in [1.82, 2.24) is 0 Å². The van der Waals surface area contributed by atoms with E-state index < -0.39 is 34.0 Å². The first-order chi connectivity index (χ1) is 25.8. The molecule has 224 valence electrons. The van der Waals surface area contributed by atoms with Crippen LogP contribution < -0.4 is 37.3 Å². The zero-order valence-electron chi connectivity index (χ0n) is 36.0. The van der Waals surface area contributed by atoms with E-state index in [1.54, 1.807) is 30.5 Å². The maximum atomic E-state index is 8.62. The number of hydrogen-bond acceptors (Lipinski definition) is 0. The summed E-state index contributed by atoms with van der Waals surface area (Å²) in [5.41, 5.74) is 13.3. The first kappa shape index (κ1) is 21.2. The molecule has 46 heavy (non-hydrogen) atoms. The summed E-state index contributed by atoms with van der Waals surface area (Å²) < 4.78 is 77.5. The molecule has 0 spiro atoms. The van der Waals surface area contributed by atoms with E-state index in [0.717, 1.165) is 71.9 Å². The van der Waals surface area contributed by atoms with Crippen LogP contribution in [-0.4, -0.2) is 13.4 Å². The van der Waals surface area contributed by atoms with Crippen LogP contribution in [0.4, 0.5) is 0 Å². The first-order valence-corrected chi connectivity index (χ1v) is 15.8. The lowest BCUT2D eigenvalue weighted by Gasteiger charge is -2.34. The van der Waals surface area contributed by atoms with E-state index in [1.165, 1.54) is 0 Å². The summed E-state index contributed by atoms with van der Waals surface area (Å²) in [6.07, 6.45) is 1.69. The molecular weight excluding hydrogens is 552 g/mol. The van der Waals surface area contributed by atoms with Crippen molar-refractivity contribution < 1.29 is 16.9 Å². The van der Waals surface area contributed by atoms with Gasteiger partial charge in [0.15, 0.2) is 6.20 Å². The summed E-state index contributed by atoms with van der Waals surface area (Å²) in [5, 5.41) is 0. The summed E-state index contributed by atoms with van der Waals surface area (Å²) in [6, 6.07) is 33.5. The van der Waals surface area contributed by atoms with Gasteiger partial charge in [0.05, 0.1) is 0 Å². The summed E-state index contributed by atoms with van der Waals surface area (Å²) >= 11 is 0. The molecule has 1 nitrogen and oxygen atoms in total. The van der Waals surface area contributed by atoms with Crippen molar-refractivity contribution in [3.05, 3.63) is 148 Å². The normalized spacial score (nSPS) is 16.0. The minimum atomic E-state index is -2.37. The molecule has 0 atom stereocenters. The van der Waals surface area contributed by atoms with E-state index >= 15 is 0 Å². The Labute approximate surface area is 288 Å². The van der Waals surface area contributed by atoms with Crippen LogP contribution in [0, 0.1) is 48.3 Å². The van der Waals surface area contributed by atoms with Crippen LogP contribution in [0.3, 0.4) is 0 Å². The summed E-state index contributed by atoms with van der Waals surface area (Å²) in [5.74, 6) is 0. The zero-order valence-corrected chi connectivity index (χ0v) is 27.0. The van der Waals surface area contributed by atoms with E-state index in [2.05, 4.69) is 48.5 Å². The first-order valence-electron chi connectivity index (χ1n) is 20.3. The molecular formula is C43H42B2N+. The average Bonchev–Trinajstić information content (AvgIpc) is 3.10. The van der Waals surface area contributed by atoms with Crippen LogP contribution in [0.2, 0.25) is 0 Å². The molecule has 5 aromatic carbocycles. The number of aromatic nitrogens is 1. The highest BCUT2D eigenvalue weighted by atomic mass is 14.9. The highest BCUT2D eigenvalue weighted by Crippen LogP contribution is 2.28. The predicted molar refractivity (Wildman–Crippen MR) is 200 cm³/mol. The molecule has 0 saturated carbocycles. The summed E-state index contributed by atoms with van der Waals surface area (Å²) in [6.45, 7) is -0.0338. The molecule has 0 bridgehead atoms. The predicted octanol–water partition coefficient (Wildman–Crippen LogP) is 5.35. The molecule has 0 N–H and O–H groups in total. The average molecular weight is 603 g/mol. The number of rotatable bonds is 4. The smallest absolute Gasteiger partial charge is 0.201 e. The lowest BCUT2D eigenvalue weighted by molar-refractivity contribution is -0.660. The fourth-order valence-electron chi connectivity index (χ4n) is 7.48. The number of fused-ring (bicyclic) bond motifs is 2. The Morgan fingerprint density at radius 2 is 1.02 bits per heavy atom. The fourth-order valence-corrected chi connectivity index (χ4v) is 7.48. The molecule has 0 aliphatic carbocycles. The van der Waals surface area contributed by atoms with Crippen molar-refractivity contribution in [2.45, 2.75) is 48.3 Å². The minimum absolute atomic E-state index is 0.294. The van der Waals surface area contributed by atoms with Gasteiger partial charge in [-0.3, -0.25) is 0 Å². The standard InChI is InChI=1S/C43H42B2N/c1-27-19-20-34(24-36(27)41-23-32(6)33(7)26-46(41)8)35-21-22-39-40(25-35)45(43-30(4)15-12-16-31(43)5)38-18-10-9-17-37(38)44(39)42-28(2)13-11-14-29(42)3/h9-26H,1-8H3/q+1/i2D3,4D3,7D3. The molecule has 1 aliphatic heterocycles. The molecule has 0 radical (unpaired) electrons. The summed E-state index contributed by atoms with van der Waals surface area (Å²) in [7, 11) is 1.86. The Morgan fingerprint density at radius 3 is 1.65 bits per heavy atom. The van der Waals surface area contributed by atoms with E-state index in [-0.39, 0.29) is 0 Å². The van der Waals surface area contributed by atoms with Crippen molar-refractivity contribution in [2.75, 3.05) is 0 Å². The molecule has 1 aliphatic rings. The maximum Gasteiger partial charge on any atom is 0.240 e. The quantitative estimate of drug-likeness (QED) is 0.189. The van der Waals surface area contributed by atoms with Gasteiger partial charge in [-0.1, -0.05) is 146 Å². The van der Waals surface area contributed by atoms with Crippen LogP contribution in [0.25, 0.3) is 22.4 Å². The molecule has 6 aromatic rings. The van der Waals surface area contributed by atoms with Crippen LogP contribution in [0.15, 0.2) is 109 Å². The zero-order chi connectivity index (χ0) is 39.8. The Kier molecular flexibility index (Phi) is 5.37. The van der Waals surface area contributed by atoms with Crippen LogP contribution in [0.1, 0.15) is 51.3 Å². The van der Waals surface area contributed by atoms with Gasteiger partial charge in [0.25, 0.3) is 0 Å². The topological polar surface area (TPSA) is 3.88 Å². The molecule has 0 unspecified atom stereocenters. The molecule has 7 rings (SSSR count). The molecule has 0 fully saturated rings. The van der Waals surface area contributed by atoms with Gasteiger partial charge in [-0.2, -0.15) is 0 Å². The Bertz CT molecular complexity index is 2480. The van der Waals surface area contributed by atoms with Gasteiger partial charge < -0.3 is 0 Å². The number of pyridine rings is 1. The molecule has 1 aromatic heterocycles. The van der Waals surface area contributed by atoms with E-state index in [9.17, 15) is 0 Å². The monoisotopic (exact) mass is 603 g/mol. The number of benzene rings is 5.